The summed E-state index contributed by atoms with van der Waals surface area (Å²) in [6.07, 6.45) is 0. The molecular formula is C16H24N2O. The normalized spacial score (nSPS) is 12.1. The van der Waals surface area contributed by atoms with Gasteiger partial charge in [-0.3, -0.25) is 0 Å². The lowest BCUT2D eigenvalue weighted by Crippen LogP contribution is -2.31. The van der Waals surface area contributed by atoms with Gasteiger partial charge >= 0.3 is 0 Å². The van der Waals surface area contributed by atoms with Gasteiger partial charge in [0.25, 0.3) is 0 Å². The number of H-pyrrole nitrogens is 1. The summed E-state index contributed by atoms with van der Waals surface area (Å²) < 4.78 is 5.50. The number of aromatic nitrogens is 1. The van der Waals surface area contributed by atoms with Gasteiger partial charge in [0.2, 0.25) is 0 Å². The molecule has 0 atom stereocenters. The van der Waals surface area contributed by atoms with Crippen LogP contribution in [0.15, 0.2) is 12.1 Å². The second-order valence-electron chi connectivity index (χ2n) is 5.93. The van der Waals surface area contributed by atoms with E-state index in [1.165, 1.54) is 22.2 Å². The highest BCUT2D eigenvalue weighted by molar-refractivity contribution is 5.91. The Morgan fingerprint density at radius 3 is 2.53 bits per heavy atom. The first-order valence-electron chi connectivity index (χ1n) is 6.72. The van der Waals surface area contributed by atoms with E-state index in [9.17, 15) is 0 Å². The summed E-state index contributed by atoms with van der Waals surface area (Å²) in [4.78, 5) is 3.49. The minimum atomic E-state index is 0.0793. The topological polar surface area (TPSA) is 37.0 Å². The number of aryl methyl sites for hydroxylation is 2. The van der Waals surface area contributed by atoms with Crippen LogP contribution in [0.5, 0.6) is 5.75 Å². The monoisotopic (exact) mass is 260 g/mol. The summed E-state index contributed by atoms with van der Waals surface area (Å²) in [6, 6.07) is 4.32. The Hall–Kier alpha value is -1.48. The van der Waals surface area contributed by atoms with Crippen LogP contribution >= 0.6 is 0 Å². The van der Waals surface area contributed by atoms with Gasteiger partial charge in [0.05, 0.1) is 12.6 Å². The van der Waals surface area contributed by atoms with Gasteiger partial charge in [0.15, 0.2) is 0 Å². The number of hydrogen-bond donors (Lipinski definition) is 2. The summed E-state index contributed by atoms with van der Waals surface area (Å²) in [5.74, 6) is 0.921. The molecule has 0 aliphatic carbocycles. The van der Waals surface area contributed by atoms with Crippen LogP contribution in [0.3, 0.4) is 0 Å². The molecule has 0 radical (unpaired) electrons. The van der Waals surface area contributed by atoms with Gasteiger partial charge in [-0.25, -0.2) is 0 Å². The van der Waals surface area contributed by atoms with E-state index >= 15 is 0 Å². The summed E-state index contributed by atoms with van der Waals surface area (Å²) in [5, 5.41) is 4.56. The van der Waals surface area contributed by atoms with Crippen LogP contribution in [-0.4, -0.2) is 25.7 Å². The lowest BCUT2D eigenvalue weighted by molar-refractivity contribution is 0.418. The number of hydrogen-bond acceptors (Lipinski definition) is 2. The molecule has 0 unspecified atom stereocenters. The van der Waals surface area contributed by atoms with Crippen molar-refractivity contribution in [1.82, 2.24) is 10.3 Å². The minimum Gasteiger partial charge on any atom is -0.495 e. The second-order valence-corrected chi connectivity index (χ2v) is 5.93. The molecule has 0 saturated carbocycles. The van der Waals surface area contributed by atoms with Crippen LogP contribution in [0, 0.1) is 13.8 Å². The Morgan fingerprint density at radius 2 is 1.95 bits per heavy atom. The van der Waals surface area contributed by atoms with Gasteiger partial charge in [0, 0.05) is 23.0 Å². The molecule has 19 heavy (non-hydrogen) atoms. The van der Waals surface area contributed by atoms with E-state index in [2.05, 4.69) is 50.1 Å². The lowest BCUT2D eigenvalue weighted by atomic mass is 9.82. The Labute approximate surface area is 115 Å². The largest absolute Gasteiger partial charge is 0.495 e. The summed E-state index contributed by atoms with van der Waals surface area (Å²) in [6.45, 7) is 9.74. The fraction of sp³-hybridized carbons (Fsp3) is 0.500. The van der Waals surface area contributed by atoms with Crippen molar-refractivity contribution < 1.29 is 4.74 Å². The SMILES string of the molecule is CNCC(C)(C)c1c(C)[nH]c2c(OC)cc(C)cc12. The zero-order chi connectivity index (χ0) is 14.2. The number of likely N-dealkylation sites (N-methyl/N-ethyl adjacent to an activating group) is 1. The molecule has 1 aromatic carbocycles. The average Bonchev–Trinajstić information content (AvgIpc) is 2.64. The number of aromatic amines is 1. The van der Waals surface area contributed by atoms with Gasteiger partial charge in [-0.1, -0.05) is 13.8 Å². The Kier molecular flexibility index (Phi) is 3.59. The van der Waals surface area contributed by atoms with E-state index in [0.29, 0.717) is 0 Å². The number of ether oxygens (including phenoxy) is 1. The lowest BCUT2D eigenvalue weighted by Gasteiger charge is -2.25. The van der Waals surface area contributed by atoms with Crippen LogP contribution in [-0.2, 0) is 5.41 Å². The molecule has 104 valence electrons. The van der Waals surface area contributed by atoms with Crippen LogP contribution in [0.1, 0.15) is 30.7 Å². The number of rotatable bonds is 4. The van der Waals surface area contributed by atoms with Crippen molar-refractivity contribution in [2.75, 3.05) is 20.7 Å². The molecule has 3 nitrogen and oxygen atoms in total. The molecule has 3 heteroatoms. The van der Waals surface area contributed by atoms with Crippen molar-refractivity contribution in [3.05, 3.63) is 29.0 Å². The molecule has 0 fully saturated rings. The maximum atomic E-state index is 5.50. The van der Waals surface area contributed by atoms with Crippen molar-refractivity contribution in [2.45, 2.75) is 33.1 Å². The van der Waals surface area contributed by atoms with Gasteiger partial charge in [-0.05, 0) is 44.2 Å². The van der Waals surface area contributed by atoms with Crippen LogP contribution in [0.4, 0.5) is 0 Å². The first-order chi connectivity index (χ1) is 8.90. The smallest absolute Gasteiger partial charge is 0.143 e. The van der Waals surface area contributed by atoms with Crippen molar-refractivity contribution in [3.63, 3.8) is 0 Å². The predicted octanol–water partition coefficient (Wildman–Crippen LogP) is 3.29. The van der Waals surface area contributed by atoms with E-state index in [1.54, 1.807) is 7.11 Å². The first-order valence-corrected chi connectivity index (χ1v) is 6.72. The maximum Gasteiger partial charge on any atom is 0.143 e. The highest BCUT2D eigenvalue weighted by Crippen LogP contribution is 2.37. The number of methoxy groups -OCH3 is 1. The zero-order valence-corrected chi connectivity index (χ0v) is 12.8. The second kappa shape index (κ2) is 4.89. The van der Waals surface area contributed by atoms with Crippen molar-refractivity contribution in [2.24, 2.45) is 0 Å². The summed E-state index contributed by atoms with van der Waals surface area (Å²) >= 11 is 0. The fourth-order valence-electron chi connectivity index (χ4n) is 3.09. The number of fused-ring (bicyclic) bond motifs is 1. The quantitative estimate of drug-likeness (QED) is 0.885. The third kappa shape index (κ3) is 2.35. The maximum absolute atomic E-state index is 5.50. The van der Waals surface area contributed by atoms with Gasteiger partial charge in [-0.15, -0.1) is 0 Å². The third-order valence-electron chi connectivity index (χ3n) is 3.72. The third-order valence-corrected chi connectivity index (χ3v) is 3.72. The van der Waals surface area contributed by atoms with Gasteiger partial charge < -0.3 is 15.0 Å². The summed E-state index contributed by atoms with van der Waals surface area (Å²) in [7, 11) is 3.72. The average molecular weight is 260 g/mol. The van der Waals surface area contributed by atoms with Crippen molar-refractivity contribution in [1.29, 1.82) is 0 Å². The highest BCUT2D eigenvalue weighted by atomic mass is 16.5. The highest BCUT2D eigenvalue weighted by Gasteiger charge is 2.26. The Morgan fingerprint density at radius 1 is 1.26 bits per heavy atom. The molecule has 0 amide bonds. The van der Waals surface area contributed by atoms with E-state index in [0.717, 1.165) is 17.8 Å². The molecular weight excluding hydrogens is 236 g/mol. The van der Waals surface area contributed by atoms with E-state index in [1.807, 2.05) is 7.05 Å². The number of benzene rings is 1. The van der Waals surface area contributed by atoms with E-state index < -0.39 is 0 Å². The van der Waals surface area contributed by atoms with E-state index in [-0.39, 0.29) is 5.41 Å². The molecule has 2 aromatic rings. The molecule has 2 N–H and O–H groups in total. The standard InChI is InChI=1S/C16H24N2O/c1-10-7-12-14(16(3,4)9-17-5)11(2)18-15(12)13(8-10)19-6/h7-8,17-18H,9H2,1-6H3. The molecule has 0 spiro atoms. The molecule has 1 aromatic heterocycles. The van der Waals surface area contributed by atoms with Crippen molar-refractivity contribution in [3.8, 4) is 5.75 Å². The van der Waals surface area contributed by atoms with E-state index in [4.69, 9.17) is 4.74 Å². The molecule has 0 saturated heterocycles. The molecule has 0 aliphatic heterocycles. The zero-order valence-electron chi connectivity index (χ0n) is 12.8. The van der Waals surface area contributed by atoms with Crippen LogP contribution in [0.25, 0.3) is 10.9 Å². The van der Waals surface area contributed by atoms with Crippen LogP contribution in [0.2, 0.25) is 0 Å². The van der Waals surface area contributed by atoms with Crippen molar-refractivity contribution >= 4 is 10.9 Å². The van der Waals surface area contributed by atoms with Gasteiger partial charge in [0.1, 0.15) is 5.75 Å². The minimum absolute atomic E-state index is 0.0793. The molecule has 0 aliphatic rings. The Balaban J connectivity index is 2.75. The summed E-state index contributed by atoms with van der Waals surface area (Å²) in [5.41, 5.74) is 5.00. The predicted molar refractivity (Wildman–Crippen MR) is 81.3 cm³/mol. The molecule has 2 rings (SSSR count). The first kappa shape index (κ1) is 13.9. The molecule has 0 bridgehead atoms. The van der Waals surface area contributed by atoms with Gasteiger partial charge in [-0.2, -0.15) is 0 Å². The van der Waals surface area contributed by atoms with Crippen LogP contribution < -0.4 is 10.1 Å². The number of nitrogens with one attached hydrogen (secondary N) is 2. The fourth-order valence-corrected chi connectivity index (χ4v) is 3.09. The molecule has 1 heterocycles. The Bertz CT molecular complexity index is 596.